The third-order valence-corrected chi connectivity index (χ3v) is 9.41. The molecule has 1 aromatic heterocycles. The van der Waals surface area contributed by atoms with Crippen molar-refractivity contribution in [3.63, 3.8) is 0 Å². The van der Waals surface area contributed by atoms with E-state index in [4.69, 9.17) is 23.1 Å². The molecule has 0 bridgehead atoms. The van der Waals surface area contributed by atoms with Crippen LogP contribution in [0.4, 0.5) is 0 Å². The Morgan fingerprint density at radius 3 is 2.49 bits per heavy atom. The molecule has 4 atom stereocenters. The molecular formula is C24H32ClN9O4S. The summed E-state index contributed by atoms with van der Waals surface area (Å²) in [5.74, 6) is -0.296. The number of carbonyl (C=O) groups excluding carboxylic acids is 2. The Morgan fingerprint density at radius 1 is 1.10 bits per heavy atom. The average molecular weight is 578 g/mol. The second kappa shape index (κ2) is 10.5. The van der Waals surface area contributed by atoms with Gasteiger partial charge in [0.2, 0.25) is 5.91 Å². The smallest absolute Gasteiger partial charge is 0.267 e. The molecule has 39 heavy (non-hydrogen) atoms. The minimum Gasteiger partial charge on any atom is -0.349 e. The van der Waals surface area contributed by atoms with Gasteiger partial charge in [0.05, 0.1) is 34.9 Å². The van der Waals surface area contributed by atoms with Crippen LogP contribution >= 0.6 is 11.6 Å². The predicted molar refractivity (Wildman–Crippen MR) is 145 cm³/mol. The third kappa shape index (κ3) is 5.53. The number of amides is 2. The summed E-state index contributed by atoms with van der Waals surface area (Å²) in [6.07, 6.45) is 2.64. The van der Waals surface area contributed by atoms with Crippen molar-refractivity contribution in [2.45, 2.75) is 54.1 Å². The van der Waals surface area contributed by atoms with Gasteiger partial charge in [0.25, 0.3) is 15.9 Å². The molecule has 4 unspecified atom stereocenters. The van der Waals surface area contributed by atoms with Gasteiger partial charge in [-0.1, -0.05) is 17.7 Å². The van der Waals surface area contributed by atoms with Gasteiger partial charge in [0, 0.05) is 25.5 Å². The zero-order valence-corrected chi connectivity index (χ0v) is 22.9. The molecule has 210 valence electrons. The maximum Gasteiger partial charge on any atom is 0.267 e. The molecular weight excluding hydrogens is 546 g/mol. The summed E-state index contributed by atoms with van der Waals surface area (Å²) in [5.41, 5.74) is 12.0. The molecule has 2 saturated heterocycles. The minimum atomic E-state index is -3.79. The number of benzene rings is 1. The predicted octanol–water partition coefficient (Wildman–Crippen LogP) is -1.22. The number of aliphatic imine (C=N–C) groups is 1. The molecule has 2 aromatic rings. The third-order valence-electron chi connectivity index (χ3n) is 7.36. The average Bonchev–Trinajstić information content (AvgIpc) is 3.55. The quantitative estimate of drug-likeness (QED) is 0.191. The van der Waals surface area contributed by atoms with Gasteiger partial charge in [-0.2, -0.15) is 0 Å². The van der Waals surface area contributed by atoms with Crippen molar-refractivity contribution in [3.8, 4) is 0 Å². The molecule has 8 N–H and O–H groups in total. The van der Waals surface area contributed by atoms with Crippen molar-refractivity contribution in [3.05, 3.63) is 53.9 Å². The summed E-state index contributed by atoms with van der Waals surface area (Å²) in [5, 5.41) is 11.8. The van der Waals surface area contributed by atoms with E-state index in [2.05, 4.69) is 26.3 Å². The second-order valence-corrected chi connectivity index (χ2v) is 12.5. The summed E-state index contributed by atoms with van der Waals surface area (Å²) in [4.78, 5) is 32.2. The van der Waals surface area contributed by atoms with Crippen LogP contribution in [0.25, 0.3) is 0 Å². The van der Waals surface area contributed by atoms with Crippen LogP contribution in [0.15, 0.2) is 52.6 Å². The lowest BCUT2D eigenvalue weighted by Gasteiger charge is -2.39. The van der Waals surface area contributed by atoms with E-state index in [0.29, 0.717) is 44.0 Å². The number of aryl methyl sites for hydroxylation is 1. The Bertz CT molecular complexity index is 1390. The molecule has 13 nitrogen and oxygen atoms in total. The number of carbonyl (C=O) groups is 2. The Hall–Kier alpha value is -3.01. The second-order valence-electron chi connectivity index (χ2n) is 10.2. The van der Waals surface area contributed by atoms with Crippen LogP contribution in [-0.2, 0) is 14.8 Å². The molecule has 4 heterocycles. The summed E-state index contributed by atoms with van der Waals surface area (Å²) in [6.45, 7) is 3.22. The molecule has 15 heteroatoms. The SMILES string of the molecule is Cc1ccc(S(=O)(=O)n2ccc(C(=O)N3CCC4(CC3)CN=C(NC(=O)C3NC(Cl)C(N)NC3N)N4)c2)cc1. The number of alkyl halides is 1. The van der Waals surface area contributed by atoms with E-state index in [1.165, 1.54) is 18.5 Å². The number of nitrogens with zero attached hydrogens (tertiary/aromatic N) is 3. The molecule has 0 radical (unpaired) electrons. The van der Waals surface area contributed by atoms with E-state index in [1.54, 1.807) is 29.2 Å². The summed E-state index contributed by atoms with van der Waals surface area (Å²) in [6, 6.07) is 7.27. The Morgan fingerprint density at radius 2 is 1.79 bits per heavy atom. The van der Waals surface area contributed by atoms with Crippen LogP contribution in [-0.4, -0.2) is 84.1 Å². The molecule has 1 aromatic carbocycles. The monoisotopic (exact) mass is 577 g/mol. The fraction of sp³-hybridized carbons (Fsp3) is 0.458. The van der Waals surface area contributed by atoms with Crippen LogP contribution < -0.4 is 32.7 Å². The highest BCUT2D eigenvalue weighted by Crippen LogP contribution is 2.27. The minimum absolute atomic E-state index is 0.154. The zero-order chi connectivity index (χ0) is 27.9. The summed E-state index contributed by atoms with van der Waals surface area (Å²) in [7, 11) is -3.79. The van der Waals surface area contributed by atoms with Crippen LogP contribution in [0.3, 0.4) is 0 Å². The van der Waals surface area contributed by atoms with Gasteiger partial charge in [-0.15, -0.1) is 11.6 Å². The van der Waals surface area contributed by atoms with Crippen molar-refractivity contribution in [2.75, 3.05) is 19.6 Å². The molecule has 0 aliphatic carbocycles. The topological polar surface area (TPSA) is 189 Å². The largest absolute Gasteiger partial charge is 0.349 e. The van der Waals surface area contributed by atoms with Gasteiger partial charge in [-0.05, 0) is 38.0 Å². The van der Waals surface area contributed by atoms with Gasteiger partial charge in [-0.3, -0.25) is 30.5 Å². The van der Waals surface area contributed by atoms with Crippen molar-refractivity contribution in [1.29, 1.82) is 0 Å². The standard InChI is InChI=1S/C24H32ClN9O4S/c1-14-2-4-16(5-3-14)39(37,38)34-9-6-15(12-34)22(36)33-10-7-24(8-11-33)13-28-23(32-24)31-21(35)17-19(26)30-20(27)18(25)29-17/h2-6,9,12,17-20,29-30H,7-8,10-11,13,26-27H2,1H3,(H2,28,31,32,35). The molecule has 3 aliphatic heterocycles. The number of nitrogens with one attached hydrogen (secondary N) is 4. The van der Waals surface area contributed by atoms with Crippen molar-refractivity contribution >= 4 is 39.4 Å². The van der Waals surface area contributed by atoms with Crippen LogP contribution in [0, 0.1) is 6.92 Å². The number of piperazine rings is 1. The summed E-state index contributed by atoms with van der Waals surface area (Å²) < 4.78 is 27.0. The highest BCUT2D eigenvalue weighted by atomic mass is 35.5. The van der Waals surface area contributed by atoms with Gasteiger partial charge in [0.15, 0.2) is 5.96 Å². The fourth-order valence-corrected chi connectivity index (χ4v) is 6.34. The number of rotatable bonds is 4. The number of aromatic nitrogens is 1. The maximum atomic E-state index is 13.2. The van der Waals surface area contributed by atoms with E-state index in [0.717, 1.165) is 9.54 Å². The first-order chi connectivity index (χ1) is 18.5. The van der Waals surface area contributed by atoms with E-state index in [-0.39, 0.29) is 10.8 Å². The van der Waals surface area contributed by atoms with E-state index in [1.807, 2.05) is 6.92 Å². The van der Waals surface area contributed by atoms with Crippen molar-refractivity contribution in [1.82, 2.24) is 30.1 Å². The lowest BCUT2D eigenvalue weighted by molar-refractivity contribution is -0.123. The molecule has 1 spiro atoms. The normalized spacial score (nSPS) is 26.7. The maximum absolute atomic E-state index is 13.2. The molecule has 0 saturated carbocycles. The number of hydrogen-bond donors (Lipinski definition) is 6. The molecule has 2 fully saturated rings. The number of hydrogen-bond acceptors (Lipinski definition) is 10. The van der Waals surface area contributed by atoms with Crippen LogP contribution in [0.5, 0.6) is 0 Å². The number of likely N-dealkylation sites (tertiary alicyclic amines) is 1. The Kier molecular flexibility index (Phi) is 7.43. The van der Waals surface area contributed by atoms with Gasteiger partial charge in [-0.25, -0.2) is 12.4 Å². The Labute approximate surface area is 231 Å². The molecule has 3 aliphatic rings. The highest BCUT2D eigenvalue weighted by Gasteiger charge is 2.42. The first-order valence-electron chi connectivity index (χ1n) is 12.6. The molecule has 5 rings (SSSR count). The van der Waals surface area contributed by atoms with Gasteiger partial charge < -0.3 is 21.7 Å². The van der Waals surface area contributed by atoms with E-state index >= 15 is 0 Å². The van der Waals surface area contributed by atoms with Crippen molar-refractivity contribution < 1.29 is 18.0 Å². The van der Waals surface area contributed by atoms with E-state index in [9.17, 15) is 18.0 Å². The first kappa shape index (κ1) is 27.6. The van der Waals surface area contributed by atoms with Crippen molar-refractivity contribution in [2.24, 2.45) is 16.5 Å². The highest BCUT2D eigenvalue weighted by molar-refractivity contribution is 7.90. The van der Waals surface area contributed by atoms with Crippen LogP contribution in [0.1, 0.15) is 28.8 Å². The lowest BCUT2D eigenvalue weighted by Crippen LogP contribution is -2.73. The number of halogens is 1. The molecule has 2 amide bonds. The Balaban J connectivity index is 1.16. The van der Waals surface area contributed by atoms with Gasteiger partial charge >= 0.3 is 0 Å². The number of piperidine rings is 1. The first-order valence-corrected chi connectivity index (χ1v) is 14.5. The van der Waals surface area contributed by atoms with E-state index < -0.39 is 45.3 Å². The fourth-order valence-electron chi connectivity index (χ4n) is 4.93. The van der Waals surface area contributed by atoms with Crippen LogP contribution in [0.2, 0.25) is 0 Å². The lowest BCUT2D eigenvalue weighted by atomic mass is 9.88. The summed E-state index contributed by atoms with van der Waals surface area (Å²) >= 11 is 6.10. The number of guanidine groups is 1. The van der Waals surface area contributed by atoms with Gasteiger partial charge in [0.1, 0.15) is 11.5 Å². The number of nitrogens with two attached hydrogens (primary N) is 2. The zero-order valence-electron chi connectivity index (χ0n) is 21.3.